The number of aliphatic imine (C=N–C) groups is 1. The van der Waals surface area contributed by atoms with Crippen LogP contribution in [0.5, 0.6) is 0 Å². The van der Waals surface area contributed by atoms with Gasteiger partial charge in [-0.3, -0.25) is 0 Å². The molecule has 94 valence electrons. The number of guanidine groups is 1. The van der Waals surface area contributed by atoms with Crippen LogP contribution >= 0.6 is 23.2 Å². The molecule has 0 bridgehead atoms. The zero-order valence-corrected chi connectivity index (χ0v) is 11.8. The molecule has 5 heteroatoms. The molecule has 0 unspecified atom stereocenters. The summed E-state index contributed by atoms with van der Waals surface area (Å²) in [7, 11) is 3.90. The Bertz CT molecular complexity index is 403. The van der Waals surface area contributed by atoms with Gasteiger partial charge in [0, 0.05) is 30.7 Å². The first-order chi connectivity index (χ1) is 8.04. The smallest absolute Gasteiger partial charge is 0.193 e. The largest absolute Gasteiger partial charge is 0.357 e. The lowest BCUT2D eigenvalue weighted by Crippen LogP contribution is -2.36. The molecule has 1 rings (SSSR count). The fourth-order valence-corrected chi connectivity index (χ4v) is 1.79. The third-order valence-electron chi connectivity index (χ3n) is 2.17. The summed E-state index contributed by atoms with van der Waals surface area (Å²) in [4.78, 5) is 6.42. The summed E-state index contributed by atoms with van der Waals surface area (Å²) in [5.74, 6) is 0.846. The molecule has 0 fully saturated rings. The summed E-state index contributed by atoms with van der Waals surface area (Å²) in [6.07, 6.45) is 0. The lowest BCUT2D eigenvalue weighted by molar-refractivity contribution is 0.583. The van der Waals surface area contributed by atoms with Gasteiger partial charge < -0.3 is 10.2 Å². The number of hydrogen-bond acceptors (Lipinski definition) is 1. The number of hydrogen-bond donors (Lipinski definition) is 1. The maximum absolute atomic E-state index is 6.08. The molecule has 0 spiro atoms. The van der Waals surface area contributed by atoms with Crippen molar-refractivity contribution >= 4 is 29.2 Å². The van der Waals surface area contributed by atoms with Crippen molar-refractivity contribution in [3.05, 3.63) is 33.8 Å². The summed E-state index contributed by atoms with van der Waals surface area (Å²) in [6, 6.07) is 5.45. The maximum Gasteiger partial charge on any atom is 0.193 e. The lowest BCUT2D eigenvalue weighted by Gasteiger charge is -2.16. The van der Waals surface area contributed by atoms with Crippen molar-refractivity contribution in [1.29, 1.82) is 0 Å². The molecule has 0 heterocycles. The normalized spacial score (nSPS) is 11.5. The van der Waals surface area contributed by atoms with E-state index in [1.165, 1.54) is 0 Å². The number of benzene rings is 1. The second kappa shape index (κ2) is 6.72. The molecule has 0 radical (unpaired) electrons. The highest BCUT2D eigenvalue weighted by atomic mass is 35.5. The number of nitrogens with one attached hydrogen (secondary N) is 1. The van der Waals surface area contributed by atoms with Crippen molar-refractivity contribution in [3.8, 4) is 0 Å². The highest BCUT2D eigenvalue weighted by Crippen LogP contribution is 2.21. The van der Waals surface area contributed by atoms with Crippen LogP contribution in [0.4, 0.5) is 0 Å². The summed E-state index contributed by atoms with van der Waals surface area (Å²) in [5, 5.41) is 4.48. The fraction of sp³-hybridized carbons (Fsp3) is 0.417. The van der Waals surface area contributed by atoms with Crippen LogP contribution in [0.3, 0.4) is 0 Å². The van der Waals surface area contributed by atoms with Crippen molar-refractivity contribution in [1.82, 2.24) is 10.2 Å². The van der Waals surface area contributed by atoms with Gasteiger partial charge in [0.1, 0.15) is 0 Å². The Labute approximate surface area is 112 Å². The summed E-state index contributed by atoms with van der Waals surface area (Å²) >= 11 is 11.9. The molecule has 3 nitrogen and oxygen atoms in total. The molecule has 0 aliphatic heterocycles. The van der Waals surface area contributed by atoms with E-state index in [-0.39, 0.29) is 0 Å². The van der Waals surface area contributed by atoms with Gasteiger partial charge in [0.05, 0.1) is 6.54 Å². The first kappa shape index (κ1) is 14.1. The molecule has 0 aliphatic carbocycles. The summed E-state index contributed by atoms with van der Waals surface area (Å²) in [6.45, 7) is 3.41. The van der Waals surface area contributed by atoms with Crippen LogP contribution < -0.4 is 5.32 Å². The van der Waals surface area contributed by atoms with Gasteiger partial charge in [0.25, 0.3) is 0 Å². The van der Waals surface area contributed by atoms with Gasteiger partial charge in [-0.1, -0.05) is 29.3 Å². The van der Waals surface area contributed by atoms with Gasteiger partial charge in [-0.15, -0.1) is 0 Å². The van der Waals surface area contributed by atoms with Crippen LogP contribution in [-0.4, -0.2) is 31.5 Å². The lowest BCUT2D eigenvalue weighted by atomic mass is 10.2. The zero-order valence-electron chi connectivity index (χ0n) is 10.3. The van der Waals surface area contributed by atoms with E-state index in [4.69, 9.17) is 23.2 Å². The maximum atomic E-state index is 6.08. The Morgan fingerprint density at radius 1 is 1.35 bits per heavy atom. The predicted molar refractivity (Wildman–Crippen MR) is 75.0 cm³/mol. The van der Waals surface area contributed by atoms with E-state index >= 15 is 0 Å². The molecule has 0 saturated heterocycles. The molecule has 1 aromatic rings. The molecule has 17 heavy (non-hydrogen) atoms. The second-order valence-electron chi connectivity index (χ2n) is 3.80. The molecular formula is C12H17Cl2N3. The molecule has 0 amide bonds. The first-order valence-electron chi connectivity index (χ1n) is 5.44. The van der Waals surface area contributed by atoms with E-state index in [9.17, 15) is 0 Å². The van der Waals surface area contributed by atoms with E-state index in [1.54, 1.807) is 6.07 Å². The van der Waals surface area contributed by atoms with Crippen LogP contribution in [0.15, 0.2) is 23.2 Å². The molecular weight excluding hydrogens is 257 g/mol. The molecule has 0 saturated carbocycles. The van der Waals surface area contributed by atoms with Crippen molar-refractivity contribution in [2.24, 2.45) is 4.99 Å². The average molecular weight is 274 g/mol. The minimum absolute atomic E-state index is 0.538. The fourth-order valence-electron chi connectivity index (χ4n) is 1.32. The monoisotopic (exact) mass is 273 g/mol. The first-order valence-corrected chi connectivity index (χ1v) is 6.19. The van der Waals surface area contributed by atoms with Crippen molar-refractivity contribution in [2.75, 3.05) is 20.6 Å². The standard InChI is InChI=1S/C12H17Cl2N3/c1-4-15-12(17(2)3)16-8-9-5-6-10(13)7-11(9)14/h5-7H,4,8H2,1-3H3,(H,15,16). The molecule has 0 atom stereocenters. The summed E-state index contributed by atoms with van der Waals surface area (Å²) in [5.41, 5.74) is 0.966. The van der Waals surface area contributed by atoms with Gasteiger partial charge in [-0.2, -0.15) is 0 Å². The van der Waals surface area contributed by atoms with E-state index < -0.39 is 0 Å². The van der Waals surface area contributed by atoms with E-state index in [1.807, 2.05) is 38.1 Å². The number of rotatable bonds is 3. The Morgan fingerprint density at radius 2 is 2.06 bits per heavy atom. The summed E-state index contributed by atoms with van der Waals surface area (Å²) < 4.78 is 0. The Balaban J connectivity index is 2.79. The van der Waals surface area contributed by atoms with Gasteiger partial charge >= 0.3 is 0 Å². The quantitative estimate of drug-likeness (QED) is 0.677. The van der Waals surface area contributed by atoms with E-state index in [2.05, 4.69) is 10.3 Å². The Morgan fingerprint density at radius 3 is 2.59 bits per heavy atom. The Kier molecular flexibility index (Phi) is 5.59. The van der Waals surface area contributed by atoms with Gasteiger partial charge in [-0.25, -0.2) is 4.99 Å². The molecule has 0 aromatic heterocycles. The number of halogens is 2. The van der Waals surface area contributed by atoms with E-state index in [0.717, 1.165) is 18.1 Å². The van der Waals surface area contributed by atoms with Crippen molar-refractivity contribution in [2.45, 2.75) is 13.5 Å². The van der Waals surface area contributed by atoms with Crippen LogP contribution in [-0.2, 0) is 6.54 Å². The minimum Gasteiger partial charge on any atom is -0.357 e. The highest BCUT2D eigenvalue weighted by molar-refractivity contribution is 6.35. The molecule has 0 aliphatic rings. The van der Waals surface area contributed by atoms with Crippen LogP contribution in [0, 0.1) is 0 Å². The second-order valence-corrected chi connectivity index (χ2v) is 4.64. The number of nitrogens with zero attached hydrogens (tertiary/aromatic N) is 2. The molecule has 1 N–H and O–H groups in total. The third kappa shape index (κ3) is 4.44. The van der Waals surface area contributed by atoms with Gasteiger partial charge in [0.2, 0.25) is 0 Å². The van der Waals surface area contributed by atoms with Crippen molar-refractivity contribution in [3.63, 3.8) is 0 Å². The SMILES string of the molecule is CCNC(=NCc1ccc(Cl)cc1Cl)N(C)C. The van der Waals surface area contributed by atoms with Gasteiger partial charge in [0.15, 0.2) is 5.96 Å². The van der Waals surface area contributed by atoms with E-state index in [0.29, 0.717) is 16.6 Å². The average Bonchev–Trinajstić information content (AvgIpc) is 2.25. The van der Waals surface area contributed by atoms with Gasteiger partial charge in [-0.05, 0) is 24.6 Å². The van der Waals surface area contributed by atoms with Crippen LogP contribution in [0.2, 0.25) is 10.0 Å². The topological polar surface area (TPSA) is 27.6 Å². The predicted octanol–water partition coefficient (Wildman–Crippen LogP) is 3.02. The molecule has 1 aromatic carbocycles. The zero-order chi connectivity index (χ0) is 12.8. The van der Waals surface area contributed by atoms with Crippen LogP contribution in [0.1, 0.15) is 12.5 Å². The van der Waals surface area contributed by atoms with Crippen LogP contribution in [0.25, 0.3) is 0 Å². The third-order valence-corrected chi connectivity index (χ3v) is 2.76. The Hall–Kier alpha value is -0.930. The minimum atomic E-state index is 0.538. The van der Waals surface area contributed by atoms with Crippen molar-refractivity contribution < 1.29 is 0 Å². The highest BCUT2D eigenvalue weighted by Gasteiger charge is 2.03.